The van der Waals surface area contributed by atoms with Crippen LogP contribution in [-0.4, -0.2) is 49.9 Å². The van der Waals surface area contributed by atoms with E-state index in [1.54, 1.807) is 6.07 Å². The van der Waals surface area contributed by atoms with Gasteiger partial charge < -0.3 is 9.57 Å². The lowest BCUT2D eigenvalue weighted by Crippen LogP contribution is -2.36. The zero-order chi connectivity index (χ0) is 13.5. The van der Waals surface area contributed by atoms with Crippen LogP contribution in [0.2, 0.25) is 0 Å². The molecule has 2 unspecified atom stereocenters. The summed E-state index contributed by atoms with van der Waals surface area (Å²) in [5.74, 6) is 0.240. The molecular weight excluding hydrogens is 274 g/mol. The molecule has 19 heavy (non-hydrogen) atoms. The van der Waals surface area contributed by atoms with Crippen LogP contribution in [0.5, 0.6) is 5.88 Å². The maximum absolute atomic E-state index is 11.0. The highest BCUT2D eigenvalue weighted by Gasteiger charge is 2.41. The first-order valence-corrected chi connectivity index (χ1v) is 7.39. The van der Waals surface area contributed by atoms with Gasteiger partial charge in [0.05, 0.1) is 23.9 Å². The second-order valence-electron chi connectivity index (χ2n) is 4.28. The average molecular weight is 285 g/mol. The molecule has 0 aromatic carbocycles. The van der Waals surface area contributed by atoms with Crippen molar-refractivity contribution in [2.75, 3.05) is 19.5 Å². The van der Waals surface area contributed by atoms with E-state index < -0.39 is 16.2 Å². The van der Waals surface area contributed by atoms with Gasteiger partial charge >= 0.3 is 0 Å². The van der Waals surface area contributed by atoms with Gasteiger partial charge in [0, 0.05) is 0 Å². The minimum Gasteiger partial charge on any atom is -0.475 e. The van der Waals surface area contributed by atoms with Gasteiger partial charge in [-0.2, -0.15) is 13.5 Å². The minimum atomic E-state index is -3.50. The molecule has 0 amide bonds. The van der Waals surface area contributed by atoms with Crippen LogP contribution in [0.1, 0.15) is 5.56 Å². The van der Waals surface area contributed by atoms with Crippen molar-refractivity contribution < 1.29 is 22.2 Å². The standard InChI is InChI=1S/C10H11N3O5S/c1-19(14,15)17-5-8-7-4-16-10-6(2-3-11-12-10)9(7)13-18-8/h2-3,7-8H,4-5H2,1H3. The van der Waals surface area contributed by atoms with E-state index in [0.29, 0.717) is 23.8 Å². The minimum absolute atomic E-state index is 0.0896. The molecule has 0 saturated heterocycles. The molecule has 2 aliphatic heterocycles. The number of nitrogens with zero attached hydrogens (tertiary/aromatic N) is 3. The number of rotatable bonds is 3. The first-order valence-electron chi connectivity index (χ1n) is 5.57. The Hall–Kier alpha value is -1.74. The molecule has 0 saturated carbocycles. The summed E-state index contributed by atoms with van der Waals surface area (Å²) in [4.78, 5) is 5.22. The summed E-state index contributed by atoms with van der Waals surface area (Å²) in [7, 11) is -3.50. The molecular formula is C10H11N3O5S. The van der Waals surface area contributed by atoms with Crippen LogP contribution in [0.15, 0.2) is 17.4 Å². The molecule has 8 nitrogen and oxygen atoms in total. The summed E-state index contributed by atoms with van der Waals surface area (Å²) in [6, 6.07) is 1.73. The molecule has 9 heteroatoms. The fourth-order valence-corrected chi connectivity index (χ4v) is 2.38. The van der Waals surface area contributed by atoms with Crippen LogP contribution in [0.4, 0.5) is 0 Å². The van der Waals surface area contributed by atoms with Gasteiger partial charge in [0.25, 0.3) is 10.1 Å². The van der Waals surface area contributed by atoms with Crippen molar-refractivity contribution in [2.24, 2.45) is 11.1 Å². The van der Waals surface area contributed by atoms with Crippen molar-refractivity contribution in [1.82, 2.24) is 10.2 Å². The highest BCUT2D eigenvalue weighted by atomic mass is 32.2. The Morgan fingerprint density at radius 1 is 1.53 bits per heavy atom. The van der Waals surface area contributed by atoms with Gasteiger partial charge in [-0.1, -0.05) is 5.16 Å². The Labute approximate surface area is 109 Å². The monoisotopic (exact) mass is 285 g/mol. The van der Waals surface area contributed by atoms with Gasteiger partial charge in [-0.3, -0.25) is 4.18 Å². The molecule has 1 aromatic heterocycles. The fourth-order valence-electron chi connectivity index (χ4n) is 2.00. The van der Waals surface area contributed by atoms with Crippen LogP contribution in [-0.2, 0) is 19.1 Å². The van der Waals surface area contributed by atoms with E-state index in [2.05, 4.69) is 15.4 Å². The highest BCUT2D eigenvalue weighted by Crippen LogP contribution is 2.31. The van der Waals surface area contributed by atoms with Crippen LogP contribution in [0.25, 0.3) is 0 Å². The summed E-state index contributed by atoms with van der Waals surface area (Å²) in [6.45, 7) is 0.218. The Morgan fingerprint density at radius 2 is 2.37 bits per heavy atom. The summed E-state index contributed by atoms with van der Waals surface area (Å²) in [6.07, 6.45) is 2.05. The first kappa shape index (κ1) is 12.3. The first-order chi connectivity index (χ1) is 9.04. The topological polar surface area (TPSA) is 100.0 Å². The Balaban J connectivity index is 1.78. The van der Waals surface area contributed by atoms with E-state index in [1.165, 1.54) is 6.20 Å². The SMILES string of the molecule is CS(=O)(=O)OCC1ON=C2c3ccnnc3OCC21. The van der Waals surface area contributed by atoms with E-state index in [0.717, 1.165) is 6.26 Å². The van der Waals surface area contributed by atoms with Crippen LogP contribution >= 0.6 is 0 Å². The third-order valence-corrected chi connectivity index (χ3v) is 3.46. The second kappa shape index (κ2) is 4.42. The Bertz CT molecular complexity index is 630. The molecule has 2 aliphatic rings. The van der Waals surface area contributed by atoms with E-state index in [9.17, 15) is 8.42 Å². The molecule has 0 spiro atoms. The molecule has 0 aliphatic carbocycles. The second-order valence-corrected chi connectivity index (χ2v) is 5.92. The van der Waals surface area contributed by atoms with Gasteiger partial charge in [0.1, 0.15) is 18.9 Å². The quantitative estimate of drug-likeness (QED) is 0.694. The molecule has 0 bridgehead atoms. The van der Waals surface area contributed by atoms with Crippen LogP contribution in [0, 0.1) is 5.92 Å². The summed E-state index contributed by atoms with van der Waals surface area (Å²) < 4.78 is 32.2. The lowest BCUT2D eigenvalue weighted by atomic mass is 9.92. The number of hydrogen-bond acceptors (Lipinski definition) is 8. The Kier molecular flexibility index (Phi) is 2.86. The molecule has 3 heterocycles. The van der Waals surface area contributed by atoms with E-state index in [1.807, 2.05) is 0 Å². The number of ether oxygens (including phenoxy) is 1. The van der Waals surface area contributed by atoms with Gasteiger partial charge in [0.2, 0.25) is 5.88 Å². The van der Waals surface area contributed by atoms with E-state index in [4.69, 9.17) is 13.8 Å². The maximum Gasteiger partial charge on any atom is 0.264 e. The Morgan fingerprint density at radius 3 is 3.16 bits per heavy atom. The van der Waals surface area contributed by atoms with Crippen molar-refractivity contribution in [3.8, 4) is 5.88 Å². The van der Waals surface area contributed by atoms with Crippen molar-refractivity contribution in [3.63, 3.8) is 0 Å². The van der Waals surface area contributed by atoms with Gasteiger partial charge in [-0.25, -0.2) is 0 Å². The summed E-state index contributed by atoms with van der Waals surface area (Å²) >= 11 is 0. The van der Waals surface area contributed by atoms with Crippen molar-refractivity contribution >= 4 is 15.8 Å². The largest absolute Gasteiger partial charge is 0.475 e. The molecule has 1 aromatic rings. The third kappa shape index (κ3) is 2.38. The smallest absolute Gasteiger partial charge is 0.264 e. The van der Waals surface area contributed by atoms with Gasteiger partial charge in [0.15, 0.2) is 6.10 Å². The fraction of sp³-hybridized carbons (Fsp3) is 0.500. The van der Waals surface area contributed by atoms with Crippen molar-refractivity contribution in [1.29, 1.82) is 0 Å². The molecule has 0 fully saturated rings. The predicted molar refractivity (Wildman–Crippen MR) is 63.2 cm³/mol. The van der Waals surface area contributed by atoms with Crippen molar-refractivity contribution in [2.45, 2.75) is 6.10 Å². The number of hydrogen-bond donors (Lipinski definition) is 0. The van der Waals surface area contributed by atoms with E-state index in [-0.39, 0.29) is 12.5 Å². The zero-order valence-electron chi connectivity index (χ0n) is 10.0. The predicted octanol–water partition coefficient (Wildman–Crippen LogP) is -0.436. The normalized spacial score (nSPS) is 24.8. The number of oxime groups is 1. The number of aromatic nitrogens is 2. The summed E-state index contributed by atoms with van der Waals surface area (Å²) in [5.41, 5.74) is 1.41. The van der Waals surface area contributed by atoms with Crippen LogP contribution in [0.3, 0.4) is 0 Å². The lowest BCUT2D eigenvalue weighted by Gasteiger charge is -2.23. The van der Waals surface area contributed by atoms with Gasteiger partial charge in [-0.05, 0) is 6.07 Å². The summed E-state index contributed by atoms with van der Waals surface area (Å²) in [5, 5.41) is 11.6. The van der Waals surface area contributed by atoms with Gasteiger partial charge in [-0.15, -0.1) is 5.10 Å². The zero-order valence-corrected chi connectivity index (χ0v) is 10.8. The molecule has 3 rings (SSSR count). The highest BCUT2D eigenvalue weighted by molar-refractivity contribution is 7.85. The van der Waals surface area contributed by atoms with E-state index >= 15 is 0 Å². The maximum atomic E-state index is 11.0. The lowest BCUT2D eigenvalue weighted by molar-refractivity contribution is 0.0170. The molecule has 0 radical (unpaired) electrons. The third-order valence-electron chi connectivity index (χ3n) is 2.90. The molecule has 2 atom stereocenters. The average Bonchev–Trinajstić information content (AvgIpc) is 2.79. The molecule has 0 N–H and O–H groups in total. The van der Waals surface area contributed by atoms with Crippen LogP contribution < -0.4 is 4.74 Å². The molecule has 102 valence electrons. The number of fused-ring (bicyclic) bond motifs is 3. The van der Waals surface area contributed by atoms with Crippen molar-refractivity contribution in [3.05, 3.63) is 17.8 Å².